The van der Waals surface area contributed by atoms with Crippen LogP contribution >= 0.6 is 11.8 Å². The molecule has 0 atom stereocenters. The van der Waals surface area contributed by atoms with E-state index in [1.165, 1.54) is 23.9 Å². The Morgan fingerprint density at radius 1 is 1.00 bits per heavy atom. The summed E-state index contributed by atoms with van der Waals surface area (Å²) in [6, 6.07) is 20.5. The molecule has 0 radical (unpaired) electrons. The number of alkyl halides is 3. The van der Waals surface area contributed by atoms with Gasteiger partial charge in [-0.1, -0.05) is 60.3 Å². The van der Waals surface area contributed by atoms with E-state index in [9.17, 15) is 18.0 Å². The summed E-state index contributed by atoms with van der Waals surface area (Å²) in [5.74, 6) is -0.445. The SMILES string of the molecule is O=C(CSc1nccn2nc(-c3cccc4ccccc34)cc12)Nc1cccc(C(F)(F)F)c1. The first-order valence-corrected chi connectivity index (χ1v) is 11.3. The Hall–Kier alpha value is -3.85. The predicted molar refractivity (Wildman–Crippen MR) is 127 cm³/mol. The van der Waals surface area contributed by atoms with Gasteiger partial charge in [-0.25, -0.2) is 9.50 Å². The zero-order valence-corrected chi connectivity index (χ0v) is 18.4. The van der Waals surface area contributed by atoms with Gasteiger partial charge in [0.1, 0.15) is 5.03 Å². The van der Waals surface area contributed by atoms with E-state index in [2.05, 4.69) is 15.4 Å². The Labute approximate surface area is 196 Å². The summed E-state index contributed by atoms with van der Waals surface area (Å²) in [5, 5.41) is 9.98. The molecular weight excluding hydrogens is 461 g/mol. The predicted octanol–water partition coefficient (Wildman–Crippen LogP) is 6.30. The molecule has 0 spiro atoms. The molecule has 3 aromatic carbocycles. The molecule has 5 aromatic rings. The average Bonchev–Trinajstić information content (AvgIpc) is 3.27. The van der Waals surface area contributed by atoms with Crippen LogP contribution in [0.15, 0.2) is 90.2 Å². The third kappa shape index (κ3) is 4.47. The minimum absolute atomic E-state index is 0.0162. The number of carbonyl (C=O) groups excluding carboxylic acids is 1. The van der Waals surface area contributed by atoms with Gasteiger partial charge in [0, 0.05) is 23.6 Å². The highest BCUT2D eigenvalue weighted by Crippen LogP contribution is 2.32. The summed E-state index contributed by atoms with van der Waals surface area (Å²) in [6.45, 7) is 0. The molecule has 0 fully saturated rings. The normalized spacial score (nSPS) is 11.7. The van der Waals surface area contributed by atoms with E-state index in [-0.39, 0.29) is 11.4 Å². The number of benzene rings is 3. The van der Waals surface area contributed by atoms with Crippen molar-refractivity contribution in [3.63, 3.8) is 0 Å². The maximum Gasteiger partial charge on any atom is 0.416 e. The molecular formula is C25H17F3N4OS. The van der Waals surface area contributed by atoms with Gasteiger partial charge in [0.05, 0.1) is 22.5 Å². The molecule has 2 aromatic heterocycles. The van der Waals surface area contributed by atoms with Crippen molar-refractivity contribution in [2.24, 2.45) is 0 Å². The molecule has 0 unspecified atom stereocenters. The van der Waals surface area contributed by atoms with Crippen molar-refractivity contribution >= 4 is 39.6 Å². The van der Waals surface area contributed by atoms with Crippen molar-refractivity contribution in [1.82, 2.24) is 14.6 Å². The Morgan fingerprint density at radius 3 is 2.65 bits per heavy atom. The van der Waals surface area contributed by atoms with Crippen LogP contribution in [-0.2, 0) is 11.0 Å². The van der Waals surface area contributed by atoms with Gasteiger partial charge in [-0.2, -0.15) is 18.3 Å². The Kier molecular flexibility index (Phi) is 5.70. The van der Waals surface area contributed by atoms with Gasteiger partial charge in [0.15, 0.2) is 0 Å². The lowest BCUT2D eigenvalue weighted by Gasteiger charge is -2.09. The van der Waals surface area contributed by atoms with E-state index in [1.807, 2.05) is 48.5 Å². The van der Waals surface area contributed by atoms with Gasteiger partial charge in [-0.05, 0) is 35.0 Å². The number of carbonyl (C=O) groups is 1. The molecule has 0 saturated heterocycles. The van der Waals surface area contributed by atoms with Crippen molar-refractivity contribution < 1.29 is 18.0 Å². The largest absolute Gasteiger partial charge is 0.416 e. The first kappa shape index (κ1) is 22.0. The van der Waals surface area contributed by atoms with Gasteiger partial charge >= 0.3 is 6.18 Å². The third-order valence-electron chi connectivity index (χ3n) is 5.23. The van der Waals surface area contributed by atoms with E-state index in [4.69, 9.17) is 0 Å². The number of rotatable bonds is 5. The van der Waals surface area contributed by atoms with Crippen LogP contribution in [-0.4, -0.2) is 26.3 Å². The molecule has 0 saturated carbocycles. The van der Waals surface area contributed by atoms with Gasteiger partial charge in [0.25, 0.3) is 0 Å². The van der Waals surface area contributed by atoms with Crippen molar-refractivity contribution in [3.8, 4) is 11.3 Å². The Bertz CT molecular complexity index is 1510. The zero-order valence-electron chi connectivity index (χ0n) is 17.6. The van der Waals surface area contributed by atoms with Crippen LogP contribution < -0.4 is 5.32 Å². The number of hydrogen-bond acceptors (Lipinski definition) is 4. The average molecular weight is 478 g/mol. The molecule has 0 bridgehead atoms. The van der Waals surface area contributed by atoms with Crippen LogP contribution in [0.3, 0.4) is 0 Å². The maximum absolute atomic E-state index is 12.9. The lowest BCUT2D eigenvalue weighted by Crippen LogP contribution is -2.15. The molecule has 9 heteroatoms. The number of amides is 1. The number of aromatic nitrogens is 3. The van der Waals surface area contributed by atoms with Crippen molar-refractivity contribution in [1.29, 1.82) is 0 Å². The fraction of sp³-hybridized carbons (Fsp3) is 0.0800. The fourth-order valence-corrected chi connectivity index (χ4v) is 4.47. The lowest BCUT2D eigenvalue weighted by atomic mass is 10.0. The molecule has 1 amide bonds. The monoisotopic (exact) mass is 478 g/mol. The summed E-state index contributed by atoms with van der Waals surface area (Å²) < 4.78 is 40.4. The summed E-state index contributed by atoms with van der Waals surface area (Å²) >= 11 is 1.19. The summed E-state index contributed by atoms with van der Waals surface area (Å²) in [7, 11) is 0. The maximum atomic E-state index is 12.9. The zero-order chi connectivity index (χ0) is 23.7. The molecule has 170 valence electrons. The van der Waals surface area contributed by atoms with Crippen LogP contribution in [0.4, 0.5) is 18.9 Å². The second-order valence-electron chi connectivity index (χ2n) is 7.53. The number of thioether (sulfide) groups is 1. The summed E-state index contributed by atoms with van der Waals surface area (Å²) in [6.07, 6.45) is -1.14. The van der Waals surface area contributed by atoms with E-state index in [0.717, 1.165) is 39.7 Å². The smallest absolute Gasteiger partial charge is 0.325 e. The van der Waals surface area contributed by atoms with E-state index >= 15 is 0 Å². The lowest BCUT2D eigenvalue weighted by molar-refractivity contribution is -0.137. The number of hydrogen-bond donors (Lipinski definition) is 1. The highest BCUT2D eigenvalue weighted by molar-refractivity contribution is 8.00. The van der Waals surface area contributed by atoms with Crippen LogP contribution in [0.2, 0.25) is 0 Å². The van der Waals surface area contributed by atoms with Crippen LogP contribution in [0.1, 0.15) is 5.56 Å². The molecule has 0 aliphatic heterocycles. The van der Waals surface area contributed by atoms with Gasteiger partial charge in [0.2, 0.25) is 5.91 Å². The summed E-state index contributed by atoms with van der Waals surface area (Å²) in [5.41, 5.74) is 1.78. The molecule has 34 heavy (non-hydrogen) atoms. The minimum atomic E-state index is -4.47. The minimum Gasteiger partial charge on any atom is -0.325 e. The molecule has 0 aliphatic rings. The number of nitrogens with one attached hydrogen (secondary N) is 1. The number of fused-ring (bicyclic) bond motifs is 2. The third-order valence-corrected chi connectivity index (χ3v) is 6.23. The Balaban J connectivity index is 1.36. The number of anilines is 1. The molecule has 1 N–H and O–H groups in total. The quantitative estimate of drug-likeness (QED) is 0.301. The van der Waals surface area contributed by atoms with Gasteiger partial charge in [-0.15, -0.1) is 0 Å². The number of halogens is 3. The van der Waals surface area contributed by atoms with Crippen LogP contribution in [0.25, 0.3) is 27.5 Å². The van der Waals surface area contributed by atoms with Crippen molar-refractivity contribution in [2.45, 2.75) is 11.2 Å². The fourth-order valence-electron chi connectivity index (χ4n) is 3.69. The van der Waals surface area contributed by atoms with Gasteiger partial charge in [-0.3, -0.25) is 4.79 Å². The van der Waals surface area contributed by atoms with Crippen LogP contribution in [0.5, 0.6) is 0 Å². The highest BCUT2D eigenvalue weighted by Gasteiger charge is 2.30. The molecule has 0 aliphatic carbocycles. The first-order chi connectivity index (χ1) is 16.4. The van der Waals surface area contributed by atoms with Crippen molar-refractivity contribution in [3.05, 3.63) is 90.8 Å². The van der Waals surface area contributed by atoms with Gasteiger partial charge < -0.3 is 5.32 Å². The molecule has 5 rings (SSSR count). The van der Waals surface area contributed by atoms with E-state index in [0.29, 0.717) is 5.03 Å². The van der Waals surface area contributed by atoms with E-state index < -0.39 is 17.6 Å². The standard InChI is InChI=1S/C25H17F3N4OS/c26-25(27,28)17-7-4-8-18(13-17)30-23(33)15-34-24-22-14-21(31-32(22)12-11-29-24)20-10-3-6-16-5-1-2-9-19(16)20/h1-14H,15H2,(H,30,33). The first-order valence-electron chi connectivity index (χ1n) is 10.3. The van der Waals surface area contributed by atoms with E-state index in [1.54, 1.807) is 16.9 Å². The second kappa shape index (κ2) is 8.83. The molecule has 2 heterocycles. The second-order valence-corrected chi connectivity index (χ2v) is 8.50. The van der Waals surface area contributed by atoms with Crippen LogP contribution in [0, 0.1) is 0 Å². The molecule has 5 nitrogen and oxygen atoms in total. The topological polar surface area (TPSA) is 59.3 Å². The number of nitrogens with zero attached hydrogens (tertiary/aromatic N) is 3. The summed E-state index contributed by atoms with van der Waals surface area (Å²) in [4.78, 5) is 16.8. The Morgan fingerprint density at radius 2 is 1.79 bits per heavy atom. The highest BCUT2D eigenvalue weighted by atomic mass is 32.2. The van der Waals surface area contributed by atoms with Crippen molar-refractivity contribution in [2.75, 3.05) is 11.1 Å².